The van der Waals surface area contributed by atoms with E-state index < -0.39 is 0 Å². The van der Waals surface area contributed by atoms with E-state index in [-0.39, 0.29) is 0 Å². The number of likely N-dealkylation sites (N-methyl/N-ethyl adjacent to an activating group) is 1. The Balaban J connectivity index is 1.69. The van der Waals surface area contributed by atoms with Gasteiger partial charge in [-0.25, -0.2) is 0 Å². The van der Waals surface area contributed by atoms with Gasteiger partial charge in [-0.2, -0.15) is 0 Å². The van der Waals surface area contributed by atoms with Crippen molar-refractivity contribution in [1.29, 1.82) is 0 Å². The molecule has 18 heavy (non-hydrogen) atoms. The Morgan fingerprint density at radius 1 is 1.22 bits per heavy atom. The number of rotatable bonds is 5. The van der Waals surface area contributed by atoms with Crippen LogP contribution in [0.15, 0.2) is 0 Å². The van der Waals surface area contributed by atoms with Crippen molar-refractivity contribution in [1.82, 2.24) is 20.4 Å². The molecule has 2 aliphatic rings. The molecular formula is C14H30N4. The number of nitrogens with zero attached hydrogens (tertiary/aromatic N) is 2. The van der Waals surface area contributed by atoms with Crippen molar-refractivity contribution in [3.8, 4) is 0 Å². The minimum atomic E-state index is 0.374. The second-order valence-corrected chi connectivity index (χ2v) is 6.82. The molecule has 0 aromatic rings. The SMILES string of the molecule is CN1CCC(NCC(C)(C)CN2CCNCC2)C1. The lowest BCUT2D eigenvalue weighted by Gasteiger charge is -2.36. The summed E-state index contributed by atoms with van der Waals surface area (Å²) in [4.78, 5) is 5.01. The van der Waals surface area contributed by atoms with Crippen molar-refractivity contribution >= 4 is 0 Å². The molecule has 0 radical (unpaired) electrons. The third-order valence-electron chi connectivity index (χ3n) is 4.12. The van der Waals surface area contributed by atoms with E-state index in [1.165, 1.54) is 39.1 Å². The van der Waals surface area contributed by atoms with E-state index in [1.54, 1.807) is 0 Å². The first-order valence-electron chi connectivity index (χ1n) is 7.40. The molecule has 2 heterocycles. The molecule has 4 nitrogen and oxygen atoms in total. The van der Waals surface area contributed by atoms with E-state index in [4.69, 9.17) is 0 Å². The Kier molecular flexibility index (Phi) is 5.01. The predicted octanol–water partition coefficient (Wildman–Crippen LogP) is 0.212. The Bertz CT molecular complexity index is 248. The molecule has 0 bridgehead atoms. The summed E-state index contributed by atoms with van der Waals surface area (Å²) in [5, 5.41) is 7.18. The van der Waals surface area contributed by atoms with Crippen LogP contribution in [0.5, 0.6) is 0 Å². The third-order valence-corrected chi connectivity index (χ3v) is 4.12. The fourth-order valence-corrected chi connectivity index (χ4v) is 3.05. The number of hydrogen-bond acceptors (Lipinski definition) is 4. The van der Waals surface area contributed by atoms with Crippen molar-refractivity contribution in [3.05, 3.63) is 0 Å². The zero-order valence-corrected chi connectivity index (χ0v) is 12.3. The van der Waals surface area contributed by atoms with Gasteiger partial charge in [0.05, 0.1) is 0 Å². The van der Waals surface area contributed by atoms with E-state index in [0.29, 0.717) is 11.5 Å². The molecular weight excluding hydrogens is 224 g/mol. The maximum absolute atomic E-state index is 3.76. The quantitative estimate of drug-likeness (QED) is 0.734. The summed E-state index contributed by atoms with van der Waals surface area (Å²) in [5.74, 6) is 0. The summed E-state index contributed by atoms with van der Waals surface area (Å²) < 4.78 is 0. The van der Waals surface area contributed by atoms with Crippen molar-refractivity contribution in [2.45, 2.75) is 26.3 Å². The lowest BCUT2D eigenvalue weighted by Crippen LogP contribution is -2.49. The Labute approximate surface area is 112 Å². The molecule has 0 spiro atoms. The monoisotopic (exact) mass is 254 g/mol. The van der Waals surface area contributed by atoms with Crippen LogP contribution in [0, 0.1) is 5.41 Å². The third kappa shape index (κ3) is 4.50. The summed E-state index contributed by atoms with van der Waals surface area (Å²) >= 11 is 0. The van der Waals surface area contributed by atoms with Crippen LogP contribution in [0.2, 0.25) is 0 Å². The first-order valence-corrected chi connectivity index (χ1v) is 7.40. The summed E-state index contributed by atoms with van der Waals surface area (Å²) in [6.45, 7) is 14.3. The van der Waals surface area contributed by atoms with Gasteiger partial charge in [-0.3, -0.25) is 0 Å². The van der Waals surface area contributed by atoms with E-state index in [2.05, 4.69) is 41.3 Å². The van der Waals surface area contributed by atoms with Gasteiger partial charge in [0.1, 0.15) is 0 Å². The largest absolute Gasteiger partial charge is 0.314 e. The van der Waals surface area contributed by atoms with Gasteiger partial charge in [0.15, 0.2) is 0 Å². The molecule has 0 aliphatic carbocycles. The minimum Gasteiger partial charge on any atom is -0.314 e. The van der Waals surface area contributed by atoms with Crippen molar-refractivity contribution in [3.63, 3.8) is 0 Å². The standard InChI is InChI=1S/C14H30N4/c1-14(2,12-18-8-5-15-6-9-18)11-16-13-4-7-17(3)10-13/h13,15-16H,4-12H2,1-3H3. The molecule has 2 rings (SSSR count). The topological polar surface area (TPSA) is 30.5 Å². The van der Waals surface area contributed by atoms with Crippen LogP contribution in [0.25, 0.3) is 0 Å². The average molecular weight is 254 g/mol. The van der Waals surface area contributed by atoms with E-state index in [0.717, 1.165) is 19.6 Å². The zero-order valence-electron chi connectivity index (χ0n) is 12.3. The highest BCUT2D eigenvalue weighted by atomic mass is 15.2. The van der Waals surface area contributed by atoms with Crippen LogP contribution < -0.4 is 10.6 Å². The van der Waals surface area contributed by atoms with Crippen LogP contribution in [0.4, 0.5) is 0 Å². The van der Waals surface area contributed by atoms with Crippen molar-refractivity contribution < 1.29 is 0 Å². The maximum Gasteiger partial charge on any atom is 0.0207 e. The van der Waals surface area contributed by atoms with Gasteiger partial charge in [0, 0.05) is 51.9 Å². The highest BCUT2D eigenvalue weighted by molar-refractivity contribution is 4.84. The highest BCUT2D eigenvalue weighted by Crippen LogP contribution is 2.17. The van der Waals surface area contributed by atoms with Crippen LogP contribution in [0.1, 0.15) is 20.3 Å². The second kappa shape index (κ2) is 6.33. The van der Waals surface area contributed by atoms with Crippen LogP contribution >= 0.6 is 0 Å². The van der Waals surface area contributed by atoms with Gasteiger partial charge < -0.3 is 20.4 Å². The average Bonchev–Trinajstić information content (AvgIpc) is 2.74. The molecule has 0 saturated carbocycles. The predicted molar refractivity (Wildman–Crippen MR) is 77.0 cm³/mol. The fraction of sp³-hybridized carbons (Fsp3) is 1.00. The molecule has 106 valence electrons. The molecule has 0 amide bonds. The summed E-state index contributed by atoms with van der Waals surface area (Å²) in [6, 6.07) is 0.706. The second-order valence-electron chi connectivity index (χ2n) is 6.82. The smallest absolute Gasteiger partial charge is 0.0207 e. The molecule has 2 N–H and O–H groups in total. The van der Waals surface area contributed by atoms with Crippen molar-refractivity contribution in [2.75, 3.05) is 59.4 Å². The zero-order chi connectivity index (χ0) is 13.0. The molecule has 0 aromatic heterocycles. The van der Waals surface area contributed by atoms with Crippen LogP contribution in [-0.2, 0) is 0 Å². The molecule has 4 heteroatoms. The minimum absolute atomic E-state index is 0.374. The highest BCUT2D eigenvalue weighted by Gasteiger charge is 2.25. The summed E-state index contributed by atoms with van der Waals surface area (Å²) in [7, 11) is 2.22. The van der Waals surface area contributed by atoms with E-state index in [1.807, 2.05) is 0 Å². The van der Waals surface area contributed by atoms with Gasteiger partial charge in [-0.1, -0.05) is 13.8 Å². The van der Waals surface area contributed by atoms with Gasteiger partial charge in [-0.05, 0) is 25.4 Å². The Morgan fingerprint density at radius 3 is 2.56 bits per heavy atom. The molecule has 0 aromatic carbocycles. The number of hydrogen-bond donors (Lipinski definition) is 2. The first-order chi connectivity index (χ1) is 8.55. The summed E-state index contributed by atoms with van der Waals surface area (Å²) in [5.41, 5.74) is 0.374. The normalized spacial score (nSPS) is 27.8. The Hall–Kier alpha value is -0.160. The fourth-order valence-electron chi connectivity index (χ4n) is 3.05. The van der Waals surface area contributed by atoms with E-state index >= 15 is 0 Å². The lowest BCUT2D eigenvalue weighted by atomic mass is 9.92. The lowest BCUT2D eigenvalue weighted by molar-refractivity contribution is 0.155. The van der Waals surface area contributed by atoms with Crippen LogP contribution in [-0.4, -0.2) is 75.2 Å². The van der Waals surface area contributed by atoms with E-state index in [9.17, 15) is 0 Å². The molecule has 1 atom stereocenters. The number of nitrogens with one attached hydrogen (secondary N) is 2. The molecule has 1 unspecified atom stereocenters. The first kappa shape index (κ1) is 14.3. The number of piperazine rings is 1. The number of likely N-dealkylation sites (tertiary alicyclic amines) is 1. The van der Waals surface area contributed by atoms with Gasteiger partial charge in [0.2, 0.25) is 0 Å². The molecule has 2 saturated heterocycles. The van der Waals surface area contributed by atoms with Crippen LogP contribution in [0.3, 0.4) is 0 Å². The Morgan fingerprint density at radius 2 is 1.94 bits per heavy atom. The molecule has 2 aliphatic heterocycles. The van der Waals surface area contributed by atoms with Gasteiger partial charge >= 0.3 is 0 Å². The van der Waals surface area contributed by atoms with Gasteiger partial charge in [-0.15, -0.1) is 0 Å². The van der Waals surface area contributed by atoms with Gasteiger partial charge in [0.25, 0.3) is 0 Å². The molecule has 2 fully saturated rings. The maximum atomic E-state index is 3.76. The summed E-state index contributed by atoms with van der Waals surface area (Å²) in [6.07, 6.45) is 1.31. The van der Waals surface area contributed by atoms with Crippen molar-refractivity contribution in [2.24, 2.45) is 5.41 Å².